The Morgan fingerprint density at radius 3 is 2.89 bits per heavy atom. The highest BCUT2D eigenvalue weighted by molar-refractivity contribution is 8.13. The van der Waals surface area contributed by atoms with Crippen molar-refractivity contribution in [2.24, 2.45) is 0 Å². The number of nitrogens with one attached hydrogen (secondary N) is 1. The van der Waals surface area contributed by atoms with Gasteiger partial charge in [0.2, 0.25) is 5.91 Å². The summed E-state index contributed by atoms with van der Waals surface area (Å²) in [6.07, 6.45) is 3.39. The minimum absolute atomic E-state index is 0.0123. The van der Waals surface area contributed by atoms with E-state index >= 15 is 0 Å². The number of rotatable bonds is 4. The monoisotopic (exact) mass is 265 g/mol. The number of hydrogen-bond acceptors (Lipinski definition) is 4. The molecule has 2 amide bonds. The molecule has 0 aliphatic carbocycles. The SMILES string of the molecule is CC(NC(=O)CN1CCSC1=O)c1ccncc1. The number of pyridine rings is 1. The molecular weight excluding hydrogens is 250 g/mol. The first-order valence-electron chi connectivity index (χ1n) is 5.78. The van der Waals surface area contributed by atoms with Crippen molar-refractivity contribution in [3.8, 4) is 0 Å². The van der Waals surface area contributed by atoms with Gasteiger partial charge in [0.15, 0.2) is 0 Å². The molecule has 2 heterocycles. The molecule has 18 heavy (non-hydrogen) atoms. The van der Waals surface area contributed by atoms with Crippen LogP contribution < -0.4 is 5.32 Å². The minimum atomic E-state index is -0.129. The highest BCUT2D eigenvalue weighted by Gasteiger charge is 2.23. The number of hydrogen-bond donors (Lipinski definition) is 1. The standard InChI is InChI=1S/C12H15N3O2S/c1-9(10-2-4-13-5-3-10)14-11(16)8-15-6-7-18-12(15)17/h2-5,9H,6-8H2,1H3,(H,14,16). The first-order valence-corrected chi connectivity index (χ1v) is 6.76. The molecule has 5 nitrogen and oxygen atoms in total. The zero-order chi connectivity index (χ0) is 13.0. The van der Waals surface area contributed by atoms with Crippen molar-refractivity contribution in [3.05, 3.63) is 30.1 Å². The van der Waals surface area contributed by atoms with E-state index in [-0.39, 0.29) is 23.7 Å². The Bertz CT molecular complexity index is 438. The van der Waals surface area contributed by atoms with Gasteiger partial charge in [0.25, 0.3) is 5.24 Å². The summed E-state index contributed by atoms with van der Waals surface area (Å²) in [5.41, 5.74) is 1.00. The number of nitrogens with zero attached hydrogens (tertiary/aromatic N) is 2. The fourth-order valence-electron chi connectivity index (χ4n) is 1.77. The number of thioether (sulfide) groups is 1. The lowest BCUT2D eigenvalue weighted by Crippen LogP contribution is -2.38. The van der Waals surface area contributed by atoms with Crippen molar-refractivity contribution in [2.75, 3.05) is 18.8 Å². The van der Waals surface area contributed by atoms with Crippen molar-refractivity contribution >= 4 is 22.9 Å². The predicted molar refractivity (Wildman–Crippen MR) is 70.2 cm³/mol. The molecular formula is C12H15N3O2S. The summed E-state index contributed by atoms with van der Waals surface area (Å²) in [4.78, 5) is 28.7. The van der Waals surface area contributed by atoms with Crippen molar-refractivity contribution in [2.45, 2.75) is 13.0 Å². The quantitative estimate of drug-likeness (QED) is 0.894. The number of aromatic nitrogens is 1. The van der Waals surface area contributed by atoms with Crippen molar-refractivity contribution < 1.29 is 9.59 Å². The average molecular weight is 265 g/mol. The molecule has 0 bridgehead atoms. The van der Waals surface area contributed by atoms with Crippen LogP contribution in [0.2, 0.25) is 0 Å². The van der Waals surface area contributed by atoms with E-state index in [1.165, 1.54) is 11.8 Å². The average Bonchev–Trinajstić information content (AvgIpc) is 2.76. The van der Waals surface area contributed by atoms with E-state index in [9.17, 15) is 9.59 Å². The lowest BCUT2D eigenvalue weighted by Gasteiger charge is -2.18. The van der Waals surface area contributed by atoms with Crippen LogP contribution in [0.4, 0.5) is 4.79 Å². The van der Waals surface area contributed by atoms with Crippen LogP contribution in [-0.4, -0.2) is 39.9 Å². The zero-order valence-corrected chi connectivity index (χ0v) is 10.9. The number of carbonyl (C=O) groups excluding carboxylic acids is 2. The van der Waals surface area contributed by atoms with Crippen LogP contribution in [0.25, 0.3) is 0 Å². The fraction of sp³-hybridized carbons (Fsp3) is 0.417. The zero-order valence-electron chi connectivity index (χ0n) is 10.1. The molecule has 1 aromatic heterocycles. The highest BCUT2D eigenvalue weighted by Crippen LogP contribution is 2.17. The Morgan fingerprint density at radius 1 is 1.56 bits per heavy atom. The maximum absolute atomic E-state index is 11.8. The first kappa shape index (κ1) is 12.9. The van der Waals surface area contributed by atoms with Gasteiger partial charge in [-0.3, -0.25) is 14.6 Å². The molecule has 1 aromatic rings. The third-order valence-electron chi connectivity index (χ3n) is 2.76. The van der Waals surface area contributed by atoms with E-state index in [1.54, 1.807) is 17.3 Å². The largest absolute Gasteiger partial charge is 0.348 e. The Morgan fingerprint density at radius 2 is 2.28 bits per heavy atom. The van der Waals surface area contributed by atoms with Gasteiger partial charge in [-0.25, -0.2) is 0 Å². The summed E-state index contributed by atoms with van der Waals surface area (Å²) < 4.78 is 0. The van der Waals surface area contributed by atoms with Gasteiger partial charge in [-0.1, -0.05) is 11.8 Å². The first-order chi connectivity index (χ1) is 8.66. The van der Waals surface area contributed by atoms with Crippen LogP contribution in [0.3, 0.4) is 0 Å². The van der Waals surface area contributed by atoms with Gasteiger partial charge in [-0.15, -0.1) is 0 Å². The lowest BCUT2D eigenvalue weighted by atomic mass is 10.1. The summed E-state index contributed by atoms with van der Waals surface area (Å²) >= 11 is 1.26. The molecule has 1 N–H and O–H groups in total. The predicted octanol–water partition coefficient (Wildman–Crippen LogP) is 1.43. The third kappa shape index (κ3) is 3.22. The third-order valence-corrected chi connectivity index (χ3v) is 3.65. The van der Waals surface area contributed by atoms with Crippen molar-refractivity contribution in [1.29, 1.82) is 0 Å². The molecule has 6 heteroatoms. The van der Waals surface area contributed by atoms with E-state index in [0.717, 1.165) is 11.3 Å². The van der Waals surface area contributed by atoms with Gasteiger partial charge >= 0.3 is 0 Å². The summed E-state index contributed by atoms with van der Waals surface area (Å²) in [5, 5.41) is 2.86. The summed E-state index contributed by atoms with van der Waals surface area (Å²) in [6, 6.07) is 3.65. The highest BCUT2D eigenvalue weighted by atomic mass is 32.2. The second-order valence-electron chi connectivity index (χ2n) is 4.11. The van der Waals surface area contributed by atoms with E-state index in [1.807, 2.05) is 19.1 Å². The van der Waals surface area contributed by atoms with Gasteiger partial charge in [0.1, 0.15) is 6.54 Å². The number of amides is 2. The van der Waals surface area contributed by atoms with Crippen LogP contribution >= 0.6 is 11.8 Å². The fourth-order valence-corrected chi connectivity index (χ4v) is 2.59. The van der Waals surface area contributed by atoms with Crippen LogP contribution in [0.15, 0.2) is 24.5 Å². The Hall–Kier alpha value is -1.56. The van der Waals surface area contributed by atoms with Crippen LogP contribution in [0.1, 0.15) is 18.5 Å². The Balaban J connectivity index is 1.86. The maximum Gasteiger partial charge on any atom is 0.282 e. The molecule has 0 aromatic carbocycles. The topological polar surface area (TPSA) is 62.3 Å². The molecule has 1 saturated heterocycles. The van der Waals surface area contributed by atoms with E-state index in [4.69, 9.17) is 0 Å². The molecule has 1 aliphatic heterocycles. The summed E-state index contributed by atoms with van der Waals surface area (Å²) in [6.45, 7) is 2.70. The van der Waals surface area contributed by atoms with Crippen LogP contribution in [-0.2, 0) is 4.79 Å². The summed E-state index contributed by atoms with van der Waals surface area (Å²) in [5.74, 6) is 0.640. The van der Waals surface area contributed by atoms with E-state index < -0.39 is 0 Å². The molecule has 2 rings (SSSR count). The molecule has 1 aliphatic rings. The molecule has 96 valence electrons. The normalized spacial score (nSPS) is 16.7. The van der Waals surface area contributed by atoms with Gasteiger partial charge in [-0.2, -0.15) is 0 Å². The smallest absolute Gasteiger partial charge is 0.282 e. The van der Waals surface area contributed by atoms with Gasteiger partial charge < -0.3 is 10.2 Å². The van der Waals surface area contributed by atoms with E-state index in [2.05, 4.69) is 10.3 Å². The molecule has 1 unspecified atom stereocenters. The van der Waals surface area contributed by atoms with Gasteiger partial charge in [-0.05, 0) is 24.6 Å². The van der Waals surface area contributed by atoms with Crippen molar-refractivity contribution in [1.82, 2.24) is 15.2 Å². The van der Waals surface area contributed by atoms with Crippen LogP contribution in [0, 0.1) is 0 Å². The van der Waals surface area contributed by atoms with Gasteiger partial charge in [0.05, 0.1) is 6.04 Å². The molecule has 0 radical (unpaired) electrons. The summed E-state index contributed by atoms with van der Waals surface area (Å²) in [7, 11) is 0. The molecule has 1 atom stereocenters. The molecule has 1 fully saturated rings. The maximum atomic E-state index is 11.8. The second-order valence-corrected chi connectivity index (χ2v) is 5.15. The Labute approximate surface area is 110 Å². The van der Waals surface area contributed by atoms with E-state index in [0.29, 0.717) is 6.54 Å². The lowest BCUT2D eigenvalue weighted by molar-refractivity contribution is -0.122. The molecule has 0 spiro atoms. The van der Waals surface area contributed by atoms with Crippen LogP contribution in [0.5, 0.6) is 0 Å². The van der Waals surface area contributed by atoms with Gasteiger partial charge in [0, 0.05) is 24.7 Å². The minimum Gasteiger partial charge on any atom is -0.348 e. The number of carbonyl (C=O) groups is 2. The Kier molecular flexibility index (Phi) is 4.19. The molecule has 0 saturated carbocycles. The second kappa shape index (κ2) is 5.86. The van der Waals surface area contributed by atoms with Crippen molar-refractivity contribution in [3.63, 3.8) is 0 Å².